The summed E-state index contributed by atoms with van der Waals surface area (Å²) in [5, 5.41) is 2.54. The minimum atomic E-state index is -0.943. The van der Waals surface area contributed by atoms with Crippen LogP contribution in [0.2, 0.25) is 0 Å². The van der Waals surface area contributed by atoms with E-state index >= 15 is 0 Å². The van der Waals surface area contributed by atoms with E-state index in [1.165, 1.54) is 27.4 Å². The molecule has 0 aliphatic heterocycles. The number of methoxy groups -OCH3 is 3. The standard InChI is InChI=1S/C15H18BrNO6/c1-21-12-8-9(4-5-10(12)16)14(19)17-11(15(20)23-3)6-7-13(18)22-2/h4-5,8,11H,6-7H2,1-3H3,(H,17,19). The molecular formula is C15H18BrNO6. The van der Waals surface area contributed by atoms with E-state index in [9.17, 15) is 14.4 Å². The zero-order valence-electron chi connectivity index (χ0n) is 13.1. The fraction of sp³-hybridized carbons (Fsp3) is 0.400. The molecule has 1 aromatic rings. The number of benzene rings is 1. The van der Waals surface area contributed by atoms with Gasteiger partial charge in [0.1, 0.15) is 11.8 Å². The molecule has 0 fully saturated rings. The number of halogens is 1. The first-order valence-electron chi connectivity index (χ1n) is 6.72. The molecule has 126 valence electrons. The average Bonchev–Trinajstić information content (AvgIpc) is 2.57. The normalized spacial score (nSPS) is 11.3. The van der Waals surface area contributed by atoms with Crippen LogP contribution in [-0.2, 0) is 19.1 Å². The van der Waals surface area contributed by atoms with E-state index in [2.05, 4.69) is 30.7 Å². The van der Waals surface area contributed by atoms with Crippen molar-refractivity contribution in [2.24, 2.45) is 0 Å². The molecule has 1 amide bonds. The molecule has 0 aliphatic rings. The Hall–Kier alpha value is -2.09. The summed E-state index contributed by atoms with van der Waals surface area (Å²) in [6.07, 6.45) is 0.0684. The number of amides is 1. The number of carbonyl (C=O) groups excluding carboxylic acids is 3. The third kappa shape index (κ3) is 5.55. The highest BCUT2D eigenvalue weighted by Crippen LogP contribution is 2.25. The molecule has 1 atom stereocenters. The molecule has 8 heteroatoms. The molecule has 0 saturated heterocycles. The number of hydrogen-bond donors (Lipinski definition) is 1. The lowest BCUT2D eigenvalue weighted by atomic mass is 10.1. The van der Waals surface area contributed by atoms with Gasteiger partial charge in [-0.1, -0.05) is 0 Å². The predicted octanol–water partition coefficient (Wildman–Crippen LogP) is 1.68. The summed E-state index contributed by atoms with van der Waals surface area (Å²) >= 11 is 3.29. The monoisotopic (exact) mass is 387 g/mol. The molecule has 1 aromatic carbocycles. The average molecular weight is 388 g/mol. The van der Waals surface area contributed by atoms with Gasteiger partial charge in [0.05, 0.1) is 25.8 Å². The highest BCUT2D eigenvalue weighted by molar-refractivity contribution is 9.10. The number of ether oxygens (including phenoxy) is 3. The molecule has 1 N–H and O–H groups in total. The molecule has 7 nitrogen and oxygen atoms in total. The lowest BCUT2D eigenvalue weighted by Gasteiger charge is -2.16. The lowest BCUT2D eigenvalue weighted by molar-refractivity contribution is -0.144. The molecular weight excluding hydrogens is 370 g/mol. The largest absolute Gasteiger partial charge is 0.496 e. The van der Waals surface area contributed by atoms with Gasteiger partial charge in [-0.15, -0.1) is 0 Å². The second kappa shape index (κ2) is 9.14. The predicted molar refractivity (Wildman–Crippen MR) is 85.2 cm³/mol. The van der Waals surface area contributed by atoms with Gasteiger partial charge in [-0.05, 0) is 40.5 Å². The van der Waals surface area contributed by atoms with Crippen molar-refractivity contribution in [3.05, 3.63) is 28.2 Å². The molecule has 0 spiro atoms. The highest BCUT2D eigenvalue weighted by Gasteiger charge is 2.23. The minimum Gasteiger partial charge on any atom is -0.496 e. The molecule has 1 unspecified atom stereocenters. The summed E-state index contributed by atoms with van der Waals surface area (Å²) in [5.41, 5.74) is 0.317. The summed E-state index contributed by atoms with van der Waals surface area (Å²) in [7, 11) is 3.94. The number of hydrogen-bond acceptors (Lipinski definition) is 6. The first kappa shape index (κ1) is 19.0. The lowest BCUT2D eigenvalue weighted by Crippen LogP contribution is -2.41. The van der Waals surface area contributed by atoms with Crippen molar-refractivity contribution in [1.82, 2.24) is 5.32 Å². The Morgan fingerprint density at radius 3 is 2.43 bits per heavy atom. The van der Waals surface area contributed by atoms with Gasteiger partial charge in [-0.2, -0.15) is 0 Å². The van der Waals surface area contributed by atoms with Crippen LogP contribution < -0.4 is 10.1 Å². The zero-order chi connectivity index (χ0) is 17.4. The topological polar surface area (TPSA) is 90.9 Å². The summed E-state index contributed by atoms with van der Waals surface area (Å²) in [5.74, 6) is -1.09. The maximum Gasteiger partial charge on any atom is 0.328 e. The van der Waals surface area contributed by atoms with Crippen molar-refractivity contribution in [2.45, 2.75) is 18.9 Å². The molecule has 0 radical (unpaired) electrons. The van der Waals surface area contributed by atoms with Crippen molar-refractivity contribution < 1.29 is 28.6 Å². The number of carbonyl (C=O) groups is 3. The Balaban J connectivity index is 2.83. The van der Waals surface area contributed by atoms with Gasteiger partial charge in [-0.3, -0.25) is 9.59 Å². The van der Waals surface area contributed by atoms with Crippen LogP contribution in [0.1, 0.15) is 23.2 Å². The third-order valence-electron chi connectivity index (χ3n) is 3.07. The number of esters is 2. The molecule has 1 rings (SSSR count). The van der Waals surface area contributed by atoms with E-state index < -0.39 is 23.9 Å². The Bertz CT molecular complexity index is 589. The maximum absolute atomic E-state index is 12.3. The van der Waals surface area contributed by atoms with Crippen LogP contribution >= 0.6 is 15.9 Å². The second-order valence-electron chi connectivity index (χ2n) is 4.51. The van der Waals surface area contributed by atoms with Crippen LogP contribution in [0, 0.1) is 0 Å². The van der Waals surface area contributed by atoms with Crippen molar-refractivity contribution >= 4 is 33.8 Å². The SMILES string of the molecule is COC(=O)CCC(NC(=O)c1ccc(Br)c(OC)c1)C(=O)OC. The van der Waals surface area contributed by atoms with Crippen LogP contribution in [0.25, 0.3) is 0 Å². The fourth-order valence-electron chi connectivity index (χ4n) is 1.80. The first-order valence-corrected chi connectivity index (χ1v) is 7.51. The van der Waals surface area contributed by atoms with E-state index in [-0.39, 0.29) is 12.8 Å². The Morgan fingerprint density at radius 2 is 1.87 bits per heavy atom. The highest BCUT2D eigenvalue weighted by atomic mass is 79.9. The van der Waals surface area contributed by atoms with Crippen LogP contribution in [0.5, 0.6) is 5.75 Å². The zero-order valence-corrected chi connectivity index (χ0v) is 14.6. The van der Waals surface area contributed by atoms with Crippen molar-refractivity contribution in [3.8, 4) is 5.75 Å². The van der Waals surface area contributed by atoms with Gasteiger partial charge in [0.25, 0.3) is 5.91 Å². The first-order chi connectivity index (χ1) is 10.9. The van der Waals surface area contributed by atoms with Gasteiger partial charge in [0, 0.05) is 12.0 Å². The maximum atomic E-state index is 12.3. The summed E-state index contributed by atoms with van der Waals surface area (Å²) in [4.78, 5) is 35.2. The van der Waals surface area contributed by atoms with Crippen LogP contribution in [0.15, 0.2) is 22.7 Å². The van der Waals surface area contributed by atoms with Gasteiger partial charge in [0.2, 0.25) is 0 Å². The van der Waals surface area contributed by atoms with Crippen molar-refractivity contribution in [3.63, 3.8) is 0 Å². The van der Waals surface area contributed by atoms with E-state index in [1.807, 2.05) is 0 Å². The smallest absolute Gasteiger partial charge is 0.328 e. The molecule has 0 bridgehead atoms. The van der Waals surface area contributed by atoms with E-state index in [0.29, 0.717) is 15.8 Å². The third-order valence-corrected chi connectivity index (χ3v) is 3.72. The Kier molecular flexibility index (Phi) is 7.53. The summed E-state index contributed by atoms with van der Waals surface area (Å²) in [6.45, 7) is 0. The quantitative estimate of drug-likeness (QED) is 0.715. The Labute approximate surface area is 142 Å². The van der Waals surface area contributed by atoms with Crippen molar-refractivity contribution in [1.29, 1.82) is 0 Å². The second-order valence-corrected chi connectivity index (χ2v) is 5.37. The van der Waals surface area contributed by atoms with Crippen molar-refractivity contribution in [2.75, 3.05) is 21.3 Å². The van der Waals surface area contributed by atoms with E-state index in [1.54, 1.807) is 12.1 Å². The molecule has 0 heterocycles. The van der Waals surface area contributed by atoms with Gasteiger partial charge in [-0.25, -0.2) is 4.79 Å². The summed E-state index contributed by atoms with van der Waals surface area (Å²) < 4.78 is 15.0. The number of nitrogens with one attached hydrogen (secondary N) is 1. The summed E-state index contributed by atoms with van der Waals surface area (Å²) in [6, 6.07) is 3.83. The fourth-order valence-corrected chi connectivity index (χ4v) is 2.21. The number of rotatable bonds is 7. The van der Waals surface area contributed by atoms with Gasteiger partial charge < -0.3 is 19.5 Å². The van der Waals surface area contributed by atoms with E-state index in [0.717, 1.165) is 0 Å². The molecule has 0 aromatic heterocycles. The van der Waals surface area contributed by atoms with E-state index in [4.69, 9.17) is 4.74 Å². The minimum absolute atomic E-state index is 0.0137. The van der Waals surface area contributed by atoms with Gasteiger partial charge in [0.15, 0.2) is 0 Å². The van der Waals surface area contributed by atoms with Gasteiger partial charge >= 0.3 is 11.9 Å². The molecule has 0 aliphatic carbocycles. The Morgan fingerprint density at radius 1 is 1.17 bits per heavy atom. The van der Waals surface area contributed by atoms with Crippen LogP contribution in [0.4, 0.5) is 0 Å². The van der Waals surface area contributed by atoms with Crippen LogP contribution in [0.3, 0.4) is 0 Å². The molecule has 0 saturated carbocycles. The van der Waals surface area contributed by atoms with Crippen LogP contribution in [-0.4, -0.2) is 45.2 Å². The molecule has 23 heavy (non-hydrogen) atoms.